The average Bonchev–Trinajstić information content (AvgIpc) is 3.20. The summed E-state index contributed by atoms with van der Waals surface area (Å²) in [5, 5.41) is 32.8. The molecule has 2 unspecified atom stereocenters. The highest BCUT2D eigenvalue weighted by molar-refractivity contribution is 5.79. The number of rotatable bonds is 10. The topological polar surface area (TPSA) is 125 Å². The lowest BCUT2D eigenvalue weighted by molar-refractivity contribution is -0.136. The van der Waals surface area contributed by atoms with E-state index in [-0.39, 0.29) is 37.5 Å². The fraction of sp³-hybridized carbons (Fsp3) is 0.286. The zero-order valence-electron chi connectivity index (χ0n) is 19.9. The molecule has 8 nitrogen and oxygen atoms in total. The molecule has 0 saturated heterocycles. The van der Waals surface area contributed by atoms with E-state index in [0.717, 1.165) is 22.3 Å². The summed E-state index contributed by atoms with van der Waals surface area (Å²) in [5.41, 5.74) is 5.27. The Bertz CT molecular complexity index is 1200. The quantitative estimate of drug-likeness (QED) is 0.341. The van der Waals surface area contributed by atoms with Gasteiger partial charge in [-0.2, -0.15) is 0 Å². The van der Waals surface area contributed by atoms with Crippen molar-refractivity contribution in [3.63, 3.8) is 0 Å². The Balaban J connectivity index is 1.30. The summed E-state index contributed by atoms with van der Waals surface area (Å²) >= 11 is 0. The van der Waals surface area contributed by atoms with Crippen molar-refractivity contribution in [1.82, 2.24) is 5.32 Å². The van der Waals surface area contributed by atoms with E-state index in [2.05, 4.69) is 17.4 Å². The van der Waals surface area contributed by atoms with Crippen LogP contribution < -0.4 is 10.1 Å². The molecule has 4 N–H and O–H groups in total. The number of carbonyl (C=O) groups is 2. The molecule has 3 aromatic carbocycles. The molecule has 0 saturated carbocycles. The normalized spacial score (nSPS) is 13.9. The first-order chi connectivity index (χ1) is 17.4. The molecular weight excluding hydrogens is 462 g/mol. The van der Waals surface area contributed by atoms with Gasteiger partial charge in [-0.3, -0.25) is 4.79 Å². The first kappa shape index (κ1) is 25.2. The van der Waals surface area contributed by atoms with Crippen LogP contribution in [0.4, 0.5) is 4.79 Å². The molecule has 2 atom stereocenters. The number of aliphatic hydroxyl groups is 2. The van der Waals surface area contributed by atoms with Crippen LogP contribution in [0.5, 0.6) is 5.75 Å². The summed E-state index contributed by atoms with van der Waals surface area (Å²) in [6, 6.07) is 20.8. The summed E-state index contributed by atoms with van der Waals surface area (Å²) in [6.07, 6.45) is -3.31. The molecule has 0 fully saturated rings. The zero-order chi connectivity index (χ0) is 25.7. The predicted molar refractivity (Wildman–Crippen MR) is 133 cm³/mol. The van der Waals surface area contributed by atoms with Gasteiger partial charge in [0.25, 0.3) is 0 Å². The Morgan fingerprint density at radius 3 is 2.22 bits per heavy atom. The SMILES string of the molecule is COc1ccc(CC(=O)O)cc1C(O)C(O)CCNC(=O)OCC1c2ccccc2-c2ccccc21. The van der Waals surface area contributed by atoms with Gasteiger partial charge in [-0.05, 0) is 46.4 Å². The molecule has 8 heteroatoms. The molecule has 36 heavy (non-hydrogen) atoms. The Morgan fingerprint density at radius 2 is 1.61 bits per heavy atom. The second-order valence-electron chi connectivity index (χ2n) is 8.70. The van der Waals surface area contributed by atoms with Crippen LogP contribution in [0.2, 0.25) is 0 Å². The lowest BCUT2D eigenvalue weighted by atomic mass is 9.98. The number of ether oxygens (including phenoxy) is 2. The third-order valence-corrected chi connectivity index (χ3v) is 6.39. The molecule has 0 spiro atoms. The third kappa shape index (κ3) is 5.50. The highest BCUT2D eigenvalue weighted by atomic mass is 16.5. The fourth-order valence-electron chi connectivity index (χ4n) is 4.64. The third-order valence-electron chi connectivity index (χ3n) is 6.39. The van der Waals surface area contributed by atoms with Gasteiger partial charge in [0.1, 0.15) is 18.5 Å². The largest absolute Gasteiger partial charge is 0.496 e. The first-order valence-electron chi connectivity index (χ1n) is 11.7. The van der Waals surface area contributed by atoms with E-state index in [9.17, 15) is 19.8 Å². The van der Waals surface area contributed by atoms with Crippen molar-refractivity contribution in [3.8, 4) is 16.9 Å². The minimum absolute atomic E-state index is 0.0532. The molecule has 1 aliphatic carbocycles. The second kappa shape index (κ2) is 11.2. The van der Waals surface area contributed by atoms with Crippen LogP contribution in [0, 0.1) is 0 Å². The standard InChI is InChI=1S/C28H29NO7/c1-35-25-11-10-17(15-26(31)32)14-22(25)27(33)24(30)12-13-29-28(34)36-16-23-20-8-4-2-6-18(20)19-7-3-5-9-21(19)23/h2-11,14,23-24,27,30,33H,12-13,15-16H2,1H3,(H,29,34)(H,31,32). The number of aliphatic carboxylic acids is 1. The molecule has 0 heterocycles. The smallest absolute Gasteiger partial charge is 0.407 e. The number of aliphatic hydroxyl groups excluding tert-OH is 2. The second-order valence-corrected chi connectivity index (χ2v) is 8.70. The Labute approximate surface area is 209 Å². The number of fused-ring (bicyclic) bond motifs is 3. The van der Waals surface area contributed by atoms with Gasteiger partial charge in [0, 0.05) is 18.0 Å². The van der Waals surface area contributed by atoms with Crippen molar-refractivity contribution < 1.29 is 34.4 Å². The lowest BCUT2D eigenvalue weighted by Crippen LogP contribution is -2.30. The number of nitrogens with one attached hydrogen (secondary N) is 1. The van der Waals surface area contributed by atoms with Crippen molar-refractivity contribution in [2.24, 2.45) is 0 Å². The molecule has 0 bridgehead atoms. The minimum Gasteiger partial charge on any atom is -0.496 e. The maximum atomic E-state index is 12.3. The van der Waals surface area contributed by atoms with Gasteiger partial charge in [0.05, 0.1) is 19.6 Å². The van der Waals surface area contributed by atoms with Crippen LogP contribution in [0.25, 0.3) is 11.1 Å². The maximum absolute atomic E-state index is 12.3. The van der Waals surface area contributed by atoms with Gasteiger partial charge < -0.3 is 30.1 Å². The summed E-state index contributed by atoms with van der Waals surface area (Å²) in [6.45, 7) is 0.255. The molecule has 4 rings (SSSR count). The fourth-order valence-corrected chi connectivity index (χ4v) is 4.64. The van der Waals surface area contributed by atoms with Gasteiger partial charge >= 0.3 is 12.1 Å². The zero-order valence-corrected chi connectivity index (χ0v) is 19.9. The van der Waals surface area contributed by atoms with Gasteiger partial charge in [-0.25, -0.2) is 4.79 Å². The van der Waals surface area contributed by atoms with Crippen molar-refractivity contribution in [2.75, 3.05) is 20.3 Å². The van der Waals surface area contributed by atoms with Crippen molar-refractivity contribution in [3.05, 3.63) is 89.0 Å². The van der Waals surface area contributed by atoms with E-state index in [1.165, 1.54) is 13.2 Å². The monoisotopic (exact) mass is 491 g/mol. The molecule has 1 amide bonds. The maximum Gasteiger partial charge on any atom is 0.407 e. The highest BCUT2D eigenvalue weighted by Crippen LogP contribution is 2.44. The first-order valence-corrected chi connectivity index (χ1v) is 11.7. The van der Waals surface area contributed by atoms with Crippen molar-refractivity contribution in [2.45, 2.75) is 31.0 Å². The number of carboxylic acid groups (broad SMARTS) is 1. The average molecular weight is 492 g/mol. The number of amides is 1. The summed E-state index contributed by atoms with van der Waals surface area (Å²) in [4.78, 5) is 23.3. The molecule has 1 aliphatic rings. The number of methoxy groups -OCH3 is 1. The van der Waals surface area contributed by atoms with Gasteiger partial charge in [0.2, 0.25) is 0 Å². The Kier molecular flexibility index (Phi) is 7.87. The van der Waals surface area contributed by atoms with Crippen LogP contribution >= 0.6 is 0 Å². The lowest BCUT2D eigenvalue weighted by Gasteiger charge is -2.21. The number of alkyl carbamates (subject to hydrolysis) is 1. The van der Waals surface area contributed by atoms with Gasteiger partial charge in [-0.15, -0.1) is 0 Å². The van der Waals surface area contributed by atoms with E-state index >= 15 is 0 Å². The molecule has 0 aromatic heterocycles. The van der Waals surface area contributed by atoms with E-state index in [1.54, 1.807) is 12.1 Å². The molecule has 188 valence electrons. The Morgan fingerprint density at radius 1 is 0.972 bits per heavy atom. The van der Waals surface area contributed by atoms with Crippen LogP contribution in [0.3, 0.4) is 0 Å². The van der Waals surface area contributed by atoms with E-state index in [1.807, 2.05) is 36.4 Å². The predicted octanol–water partition coefficient (Wildman–Crippen LogP) is 3.65. The van der Waals surface area contributed by atoms with Crippen LogP contribution in [-0.4, -0.2) is 53.7 Å². The summed E-state index contributed by atoms with van der Waals surface area (Å²) in [5.74, 6) is -0.727. The minimum atomic E-state index is -1.32. The summed E-state index contributed by atoms with van der Waals surface area (Å²) in [7, 11) is 1.42. The summed E-state index contributed by atoms with van der Waals surface area (Å²) < 4.78 is 10.7. The van der Waals surface area contributed by atoms with Crippen LogP contribution in [-0.2, 0) is 16.0 Å². The molecule has 0 aliphatic heterocycles. The number of carboxylic acids is 1. The number of hydrogen-bond donors (Lipinski definition) is 4. The molecule has 0 radical (unpaired) electrons. The number of benzene rings is 3. The van der Waals surface area contributed by atoms with Crippen LogP contribution in [0.1, 0.15) is 40.7 Å². The van der Waals surface area contributed by atoms with Crippen LogP contribution in [0.15, 0.2) is 66.7 Å². The van der Waals surface area contributed by atoms with E-state index in [4.69, 9.17) is 14.6 Å². The Hall–Kier alpha value is -3.88. The number of carbonyl (C=O) groups excluding carboxylic acids is 1. The van der Waals surface area contributed by atoms with Gasteiger partial charge in [-0.1, -0.05) is 54.6 Å². The van der Waals surface area contributed by atoms with Gasteiger partial charge in [0.15, 0.2) is 0 Å². The molecular formula is C28H29NO7. The van der Waals surface area contributed by atoms with E-state index in [0.29, 0.717) is 11.3 Å². The van der Waals surface area contributed by atoms with E-state index < -0.39 is 24.3 Å². The number of hydrogen-bond acceptors (Lipinski definition) is 6. The highest BCUT2D eigenvalue weighted by Gasteiger charge is 2.29. The van der Waals surface area contributed by atoms with Crippen molar-refractivity contribution >= 4 is 12.1 Å². The molecule has 3 aromatic rings. The van der Waals surface area contributed by atoms with Crippen molar-refractivity contribution in [1.29, 1.82) is 0 Å².